The van der Waals surface area contributed by atoms with Crippen molar-refractivity contribution in [1.82, 2.24) is 4.98 Å². The van der Waals surface area contributed by atoms with Crippen LogP contribution < -0.4 is 4.74 Å². The van der Waals surface area contributed by atoms with Gasteiger partial charge in [-0.2, -0.15) is 0 Å². The Morgan fingerprint density at radius 2 is 2.25 bits per heavy atom. The van der Waals surface area contributed by atoms with E-state index >= 15 is 0 Å². The zero-order chi connectivity index (χ0) is 13.9. The summed E-state index contributed by atoms with van der Waals surface area (Å²) in [6.45, 7) is 0. The van der Waals surface area contributed by atoms with Crippen LogP contribution in [0.3, 0.4) is 0 Å². The van der Waals surface area contributed by atoms with E-state index in [1.54, 1.807) is 7.11 Å². The van der Waals surface area contributed by atoms with Crippen LogP contribution in [0.1, 0.15) is 29.2 Å². The molecule has 3 heteroatoms. The number of rotatable bonds is 4. The SMILES string of the molecule is COc1cccc(CC(O)C2CCc3cccnc32)c1. The lowest BCUT2D eigenvalue weighted by Crippen LogP contribution is -2.20. The number of aryl methyl sites for hydroxylation is 1. The highest BCUT2D eigenvalue weighted by molar-refractivity contribution is 5.32. The number of hydrogen-bond donors (Lipinski definition) is 1. The van der Waals surface area contributed by atoms with Crippen molar-refractivity contribution in [1.29, 1.82) is 0 Å². The first-order chi connectivity index (χ1) is 9.78. The van der Waals surface area contributed by atoms with Crippen molar-refractivity contribution in [2.75, 3.05) is 7.11 Å². The number of aliphatic hydroxyl groups is 1. The molecule has 0 spiro atoms. The molecule has 3 rings (SSSR count). The van der Waals surface area contributed by atoms with Crippen molar-refractivity contribution in [2.24, 2.45) is 0 Å². The second-order valence-electron chi connectivity index (χ2n) is 5.32. The number of benzene rings is 1. The van der Waals surface area contributed by atoms with Gasteiger partial charge in [0.05, 0.1) is 13.2 Å². The molecule has 1 heterocycles. The third kappa shape index (κ3) is 2.54. The van der Waals surface area contributed by atoms with E-state index in [9.17, 15) is 5.11 Å². The highest BCUT2D eigenvalue weighted by Crippen LogP contribution is 2.34. The van der Waals surface area contributed by atoms with Crippen LogP contribution in [-0.4, -0.2) is 23.3 Å². The largest absolute Gasteiger partial charge is 0.497 e. The Morgan fingerprint density at radius 3 is 3.10 bits per heavy atom. The third-order valence-electron chi connectivity index (χ3n) is 4.05. The molecule has 2 unspecified atom stereocenters. The van der Waals surface area contributed by atoms with Crippen LogP contribution in [-0.2, 0) is 12.8 Å². The summed E-state index contributed by atoms with van der Waals surface area (Å²) in [5.74, 6) is 0.983. The Bertz CT molecular complexity index is 597. The van der Waals surface area contributed by atoms with E-state index in [1.165, 1.54) is 5.56 Å². The van der Waals surface area contributed by atoms with Crippen molar-refractivity contribution in [3.8, 4) is 5.75 Å². The number of nitrogens with zero attached hydrogens (tertiary/aromatic N) is 1. The van der Waals surface area contributed by atoms with Gasteiger partial charge in [-0.1, -0.05) is 18.2 Å². The highest BCUT2D eigenvalue weighted by atomic mass is 16.5. The molecule has 0 saturated heterocycles. The number of hydrogen-bond acceptors (Lipinski definition) is 3. The van der Waals surface area contributed by atoms with Gasteiger partial charge < -0.3 is 9.84 Å². The standard InChI is InChI=1S/C17H19NO2/c1-20-14-6-2-4-12(10-14)11-16(19)15-8-7-13-5-3-9-18-17(13)15/h2-6,9-10,15-16,19H,7-8,11H2,1H3. The van der Waals surface area contributed by atoms with E-state index in [1.807, 2.05) is 36.5 Å². The molecule has 2 atom stereocenters. The molecule has 0 radical (unpaired) electrons. The van der Waals surface area contributed by atoms with Crippen molar-refractivity contribution in [2.45, 2.75) is 31.3 Å². The Labute approximate surface area is 119 Å². The van der Waals surface area contributed by atoms with E-state index in [4.69, 9.17) is 4.74 Å². The quantitative estimate of drug-likeness (QED) is 0.928. The van der Waals surface area contributed by atoms with Gasteiger partial charge in [-0.25, -0.2) is 0 Å². The van der Waals surface area contributed by atoms with Gasteiger partial charge in [0.25, 0.3) is 0 Å². The predicted molar refractivity (Wildman–Crippen MR) is 78.0 cm³/mol. The van der Waals surface area contributed by atoms with Crippen LogP contribution in [0, 0.1) is 0 Å². The fourth-order valence-corrected chi connectivity index (χ4v) is 3.00. The second-order valence-corrected chi connectivity index (χ2v) is 5.32. The number of aliphatic hydroxyl groups excluding tert-OH is 1. The minimum atomic E-state index is -0.391. The minimum Gasteiger partial charge on any atom is -0.497 e. The number of pyridine rings is 1. The van der Waals surface area contributed by atoms with Crippen molar-refractivity contribution >= 4 is 0 Å². The number of fused-ring (bicyclic) bond motifs is 1. The second kappa shape index (κ2) is 5.63. The van der Waals surface area contributed by atoms with Crippen LogP contribution in [0.2, 0.25) is 0 Å². The van der Waals surface area contributed by atoms with Gasteiger partial charge in [0.15, 0.2) is 0 Å². The van der Waals surface area contributed by atoms with Crippen molar-refractivity contribution < 1.29 is 9.84 Å². The van der Waals surface area contributed by atoms with Crippen molar-refractivity contribution in [3.63, 3.8) is 0 Å². The molecular formula is C17H19NO2. The molecule has 1 aliphatic rings. The maximum atomic E-state index is 10.5. The van der Waals surface area contributed by atoms with Gasteiger partial charge in [-0.05, 0) is 48.6 Å². The topological polar surface area (TPSA) is 42.4 Å². The molecule has 20 heavy (non-hydrogen) atoms. The molecule has 3 nitrogen and oxygen atoms in total. The maximum Gasteiger partial charge on any atom is 0.119 e. The monoisotopic (exact) mass is 269 g/mol. The molecule has 0 fully saturated rings. The Hall–Kier alpha value is -1.87. The van der Waals surface area contributed by atoms with E-state index in [0.29, 0.717) is 6.42 Å². The molecule has 1 aliphatic carbocycles. The Morgan fingerprint density at radius 1 is 1.35 bits per heavy atom. The number of ether oxygens (including phenoxy) is 1. The average molecular weight is 269 g/mol. The van der Waals surface area contributed by atoms with Gasteiger partial charge in [-0.15, -0.1) is 0 Å². The van der Waals surface area contributed by atoms with Gasteiger partial charge in [-0.3, -0.25) is 4.98 Å². The zero-order valence-corrected chi connectivity index (χ0v) is 11.6. The van der Waals surface area contributed by atoms with Gasteiger partial charge >= 0.3 is 0 Å². The van der Waals surface area contributed by atoms with E-state index < -0.39 is 6.10 Å². The van der Waals surface area contributed by atoms with Gasteiger partial charge in [0.1, 0.15) is 5.75 Å². The molecule has 0 amide bonds. The summed E-state index contributed by atoms with van der Waals surface area (Å²) < 4.78 is 5.22. The Kier molecular flexibility index (Phi) is 3.70. The summed E-state index contributed by atoms with van der Waals surface area (Å²) >= 11 is 0. The van der Waals surface area contributed by atoms with Gasteiger partial charge in [0, 0.05) is 17.8 Å². The Balaban J connectivity index is 1.75. The summed E-state index contributed by atoms with van der Waals surface area (Å²) in [7, 11) is 1.66. The summed E-state index contributed by atoms with van der Waals surface area (Å²) in [6.07, 6.45) is 4.06. The van der Waals surface area contributed by atoms with E-state index in [-0.39, 0.29) is 5.92 Å². The smallest absolute Gasteiger partial charge is 0.119 e. The molecule has 1 aromatic carbocycles. The fraction of sp³-hybridized carbons (Fsp3) is 0.353. The number of methoxy groups -OCH3 is 1. The lowest BCUT2D eigenvalue weighted by atomic mass is 9.94. The summed E-state index contributed by atoms with van der Waals surface area (Å²) in [5, 5.41) is 10.5. The molecule has 1 aromatic heterocycles. The number of aromatic nitrogens is 1. The van der Waals surface area contributed by atoms with Crippen LogP contribution in [0.5, 0.6) is 5.75 Å². The molecule has 0 aliphatic heterocycles. The predicted octanol–water partition coefficient (Wildman–Crippen LogP) is 2.72. The first-order valence-electron chi connectivity index (χ1n) is 7.02. The maximum absolute atomic E-state index is 10.5. The lowest BCUT2D eigenvalue weighted by molar-refractivity contribution is 0.141. The molecule has 2 aromatic rings. The van der Waals surface area contributed by atoms with Crippen LogP contribution in [0.25, 0.3) is 0 Å². The van der Waals surface area contributed by atoms with Gasteiger partial charge in [0.2, 0.25) is 0 Å². The molecule has 0 bridgehead atoms. The first-order valence-corrected chi connectivity index (χ1v) is 7.02. The normalized spacial score (nSPS) is 18.6. The van der Waals surface area contributed by atoms with E-state index in [0.717, 1.165) is 29.8 Å². The lowest BCUT2D eigenvalue weighted by Gasteiger charge is -2.18. The van der Waals surface area contributed by atoms with Crippen LogP contribution >= 0.6 is 0 Å². The average Bonchev–Trinajstić information content (AvgIpc) is 2.91. The summed E-state index contributed by atoms with van der Waals surface area (Å²) in [5.41, 5.74) is 3.45. The fourth-order valence-electron chi connectivity index (χ4n) is 3.00. The minimum absolute atomic E-state index is 0.150. The van der Waals surface area contributed by atoms with Crippen molar-refractivity contribution in [3.05, 3.63) is 59.4 Å². The third-order valence-corrected chi connectivity index (χ3v) is 4.05. The summed E-state index contributed by atoms with van der Waals surface area (Å²) in [6, 6.07) is 12.0. The zero-order valence-electron chi connectivity index (χ0n) is 11.6. The molecule has 1 N–H and O–H groups in total. The molecular weight excluding hydrogens is 250 g/mol. The van der Waals surface area contributed by atoms with E-state index in [2.05, 4.69) is 11.1 Å². The summed E-state index contributed by atoms with van der Waals surface area (Å²) in [4.78, 5) is 4.45. The molecule has 0 saturated carbocycles. The first kappa shape index (κ1) is 13.1. The van der Waals surface area contributed by atoms with Crippen LogP contribution in [0.4, 0.5) is 0 Å². The highest BCUT2D eigenvalue weighted by Gasteiger charge is 2.29. The molecule has 104 valence electrons. The van der Waals surface area contributed by atoms with Crippen LogP contribution in [0.15, 0.2) is 42.6 Å².